The maximum atomic E-state index is 12.8. The fourth-order valence-corrected chi connectivity index (χ4v) is 4.31. The second-order valence-electron chi connectivity index (χ2n) is 7.56. The van der Waals surface area contributed by atoms with Crippen molar-refractivity contribution in [3.8, 4) is 0 Å². The standard InChI is InChI=1S/C21H25ClN4O2/c1-14-20-18(12-16(13-19(20)28)15-2-4-17(22)5-3-15)24-21(23-14)26-8-6-25(7-9-26)10-11-27/h2-5,16,27H,6-13H2,1H3. The van der Waals surface area contributed by atoms with Gasteiger partial charge in [0.2, 0.25) is 5.95 Å². The molecule has 28 heavy (non-hydrogen) atoms. The number of carbonyl (C=O) groups excluding carboxylic acids is 1. The number of aromatic nitrogens is 2. The topological polar surface area (TPSA) is 69.6 Å². The van der Waals surface area contributed by atoms with Crippen molar-refractivity contribution in [2.75, 3.05) is 44.2 Å². The molecule has 0 amide bonds. The first kappa shape index (κ1) is 19.3. The Morgan fingerprint density at radius 1 is 1.11 bits per heavy atom. The third kappa shape index (κ3) is 3.90. The van der Waals surface area contributed by atoms with Crippen LogP contribution in [0.4, 0.5) is 5.95 Å². The van der Waals surface area contributed by atoms with E-state index in [1.165, 1.54) is 0 Å². The minimum absolute atomic E-state index is 0.123. The molecular formula is C21H25ClN4O2. The van der Waals surface area contributed by atoms with Crippen LogP contribution in [0.1, 0.15) is 39.6 Å². The van der Waals surface area contributed by atoms with E-state index in [9.17, 15) is 4.79 Å². The molecule has 1 fully saturated rings. The fraction of sp³-hybridized carbons (Fsp3) is 0.476. The van der Waals surface area contributed by atoms with Crippen molar-refractivity contribution in [1.82, 2.24) is 14.9 Å². The van der Waals surface area contributed by atoms with Crippen LogP contribution in [0.5, 0.6) is 0 Å². The number of Topliss-reactive ketones (excluding diaryl/α,β-unsaturated/α-hetero) is 1. The van der Waals surface area contributed by atoms with Crippen LogP contribution < -0.4 is 4.90 Å². The van der Waals surface area contributed by atoms with Gasteiger partial charge in [-0.15, -0.1) is 0 Å². The lowest BCUT2D eigenvalue weighted by Crippen LogP contribution is -2.48. The lowest BCUT2D eigenvalue weighted by atomic mass is 9.81. The lowest BCUT2D eigenvalue weighted by Gasteiger charge is -2.35. The molecule has 148 valence electrons. The molecule has 1 aromatic carbocycles. The highest BCUT2D eigenvalue weighted by atomic mass is 35.5. The van der Waals surface area contributed by atoms with Crippen molar-refractivity contribution in [1.29, 1.82) is 0 Å². The lowest BCUT2D eigenvalue weighted by molar-refractivity contribution is 0.0962. The molecule has 1 atom stereocenters. The zero-order valence-corrected chi connectivity index (χ0v) is 16.8. The predicted octanol–water partition coefficient (Wildman–Crippen LogP) is 2.47. The third-order valence-corrected chi connectivity index (χ3v) is 5.97. The van der Waals surface area contributed by atoms with Crippen LogP contribution in [-0.2, 0) is 6.42 Å². The van der Waals surface area contributed by atoms with E-state index in [0.717, 1.165) is 49.6 Å². The average molecular weight is 401 g/mol. The monoisotopic (exact) mass is 400 g/mol. The molecule has 1 unspecified atom stereocenters. The SMILES string of the molecule is Cc1nc(N2CCN(CCO)CC2)nc2c1C(=O)CC(c1ccc(Cl)cc1)C2. The van der Waals surface area contributed by atoms with Crippen LogP contribution >= 0.6 is 11.6 Å². The van der Waals surface area contributed by atoms with Gasteiger partial charge in [0.1, 0.15) is 0 Å². The van der Waals surface area contributed by atoms with Gasteiger partial charge in [0.15, 0.2) is 5.78 Å². The maximum absolute atomic E-state index is 12.8. The Morgan fingerprint density at radius 3 is 2.50 bits per heavy atom. The number of halogens is 1. The summed E-state index contributed by atoms with van der Waals surface area (Å²) >= 11 is 6.01. The van der Waals surface area contributed by atoms with E-state index < -0.39 is 0 Å². The van der Waals surface area contributed by atoms with Crippen LogP contribution in [0.2, 0.25) is 5.02 Å². The van der Waals surface area contributed by atoms with E-state index in [4.69, 9.17) is 21.7 Å². The molecule has 2 aliphatic rings. The molecule has 0 spiro atoms. The van der Waals surface area contributed by atoms with Crippen LogP contribution in [0, 0.1) is 6.92 Å². The highest BCUT2D eigenvalue weighted by molar-refractivity contribution is 6.30. The molecule has 1 saturated heterocycles. The molecule has 1 aromatic heterocycles. The zero-order valence-electron chi connectivity index (χ0n) is 16.1. The predicted molar refractivity (Wildman–Crippen MR) is 109 cm³/mol. The molecule has 2 aromatic rings. The Bertz CT molecular complexity index is 863. The van der Waals surface area contributed by atoms with Crippen LogP contribution in [0.25, 0.3) is 0 Å². The highest BCUT2D eigenvalue weighted by Gasteiger charge is 2.31. The van der Waals surface area contributed by atoms with Crippen molar-refractivity contribution in [2.45, 2.75) is 25.7 Å². The average Bonchev–Trinajstić information content (AvgIpc) is 2.68. The number of rotatable bonds is 4. The summed E-state index contributed by atoms with van der Waals surface area (Å²) in [4.78, 5) is 26.7. The highest BCUT2D eigenvalue weighted by Crippen LogP contribution is 2.34. The molecule has 7 heteroatoms. The van der Waals surface area contributed by atoms with Crippen molar-refractivity contribution < 1.29 is 9.90 Å². The largest absolute Gasteiger partial charge is 0.395 e. The summed E-state index contributed by atoms with van der Waals surface area (Å²) < 4.78 is 0. The van der Waals surface area contributed by atoms with Gasteiger partial charge in [-0.25, -0.2) is 9.97 Å². The second kappa shape index (κ2) is 8.15. The summed E-state index contributed by atoms with van der Waals surface area (Å²) in [5.41, 5.74) is 3.46. The summed E-state index contributed by atoms with van der Waals surface area (Å²) in [5, 5.41) is 9.81. The van der Waals surface area contributed by atoms with E-state index in [0.29, 0.717) is 29.5 Å². The van der Waals surface area contributed by atoms with Crippen molar-refractivity contribution >= 4 is 23.3 Å². The van der Waals surface area contributed by atoms with Crippen molar-refractivity contribution in [3.63, 3.8) is 0 Å². The number of aryl methyl sites for hydroxylation is 1. The van der Waals surface area contributed by atoms with Gasteiger partial charge < -0.3 is 10.0 Å². The van der Waals surface area contributed by atoms with E-state index in [-0.39, 0.29) is 18.3 Å². The molecular weight excluding hydrogens is 376 g/mol. The number of β-amino-alcohol motifs (C(OH)–C–C–N with tert-alkyl or cyclic N) is 1. The molecule has 1 N–H and O–H groups in total. The third-order valence-electron chi connectivity index (χ3n) is 5.72. The Balaban J connectivity index is 1.57. The molecule has 1 aliphatic heterocycles. The number of ketones is 1. The first-order chi connectivity index (χ1) is 13.5. The van der Waals surface area contributed by atoms with Crippen LogP contribution in [0.15, 0.2) is 24.3 Å². The number of benzene rings is 1. The van der Waals surface area contributed by atoms with Crippen molar-refractivity contribution in [2.24, 2.45) is 0 Å². The Morgan fingerprint density at radius 2 is 1.82 bits per heavy atom. The van der Waals surface area contributed by atoms with E-state index in [1.54, 1.807) is 0 Å². The van der Waals surface area contributed by atoms with Gasteiger partial charge in [0.25, 0.3) is 0 Å². The number of hydrogen-bond acceptors (Lipinski definition) is 6. The van der Waals surface area contributed by atoms with E-state index >= 15 is 0 Å². The van der Waals surface area contributed by atoms with Gasteiger partial charge in [-0.2, -0.15) is 0 Å². The zero-order chi connectivity index (χ0) is 19.7. The summed E-state index contributed by atoms with van der Waals surface area (Å²) in [6.45, 7) is 6.21. The number of aliphatic hydroxyl groups is 1. The van der Waals surface area contributed by atoms with Crippen LogP contribution in [-0.4, -0.2) is 65.1 Å². The molecule has 1 aliphatic carbocycles. The van der Waals surface area contributed by atoms with Gasteiger partial charge in [-0.05, 0) is 37.0 Å². The Hall–Kier alpha value is -2.02. The van der Waals surface area contributed by atoms with Gasteiger partial charge in [-0.3, -0.25) is 9.69 Å². The summed E-state index contributed by atoms with van der Waals surface area (Å²) in [5.74, 6) is 0.961. The number of hydrogen-bond donors (Lipinski definition) is 1. The molecule has 0 bridgehead atoms. The minimum atomic E-state index is 0.123. The van der Waals surface area contributed by atoms with Gasteiger partial charge in [0.05, 0.1) is 23.6 Å². The molecule has 0 saturated carbocycles. The number of aliphatic hydroxyl groups excluding tert-OH is 1. The number of fused-ring (bicyclic) bond motifs is 1. The Labute approximate surface area is 170 Å². The number of nitrogens with zero attached hydrogens (tertiary/aromatic N) is 4. The minimum Gasteiger partial charge on any atom is -0.395 e. The smallest absolute Gasteiger partial charge is 0.225 e. The second-order valence-corrected chi connectivity index (χ2v) is 8.00. The summed E-state index contributed by atoms with van der Waals surface area (Å²) in [6.07, 6.45) is 1.22. The van der Waals surface area contributed by atoms with Crippen molar-refractivity contribution in [3.05, 3.63) is 51.8 Å². The van der Waals surface area contributed by atoms with Crippen LogP contribution in [0.3, 0.4) is 0 Å². The quantitative estimate of drug-likeness (QED) is 0.850. The first-order valence-corrected chi connectivity index (χ1v) is 10.2. The number of anilines is 1. The molecule has 6 nitrogen and oxygen atoms in total. The van der Waals surface area contributed by atoms with Gasteiger partial charge in [-0.1, -0.05) is 23.7 Å². The normalized spacial score (nSPS) is 20.3. The van der Waals surface area contributed by atoms with E-state index in [1.807, 2.05) is 31.2 Å². The Kier molecular flexibility index (Phi) is 5.62. The number of piperazine rings is 1. The van der Waals surface area contributed by atoms with Gasteiger partial charge >= 0.3 is 0 Å². The first-order valence-electron chi connectivity index (χ1n) is 9.79. The number of carbonyl (C=O) groups is 1. The van der Waals surface area contributed by atoms with Gasteiger partial charge in [0, 0.05) is 44.2 Å². The molecule has 4 rings (SSSR count). The van der Waals surface area contributed by atoms with E-state index in [2.05, 4.69) is 14.8 Å². The molecule has 0 radical (unpaired) electrons. The molecule has 2 heterocycles. The fourth-order valence-electron chi connectivity index (χ4n) is 4.18. The summed E-state index contributed by atoms with van der Waals surface area (Å²) in [6, 6.07) is 7.75. The maximum Gasteiger partial charge on any atom is 0.225 e. The summed E-state index contributed by atoms with van der Waals surface area (Å²) in [7, 11) is 0.